The number of nitrogens with two attached hydrogens (primary N) is 1. The fraction of sp³-hybridized carbons (Fsp3) is 0.158. The van der Waals surface area contributed by atoms with Crippen LogP contribution < -0.4 is 5.73 Å². The van der Waals surface area contributed by atoms with Crippen LogP contribution in [0, 0.1) is 24.0 Å². The number of nitro benzene ring substituents is 1. The maximum Gasteiger partial charge on any atom is 0.274 e. The molecule has 3 aromatic rings. The second kappa shape index (κ2) is 7.63. The third kappa shape index (κ3) is 3.85. The van der Waals surface area contributed by atoms with E-state index < -0.39 is 10.8 Å². The minimum atomic E-state index is -0.692. The summed E-state index contributed by atoms with van der Waals surface area (Å²) in [5.74, 6) is -0.347. The van der Waals surface area contributed by atoms with Gasteiger partial charge >= 0.3 is 0 Å². The lowest BCUT2D eigenvalue weighted by molar-refractivity contribution is -0.385. The first-order chi connectivity index (χ1) is 12.9. The van der Waals surface area contributed by atoms with Crippen LogP contribution in [0.5, 0.6) is 0 Å². The molecule has 8 heteroatoms. The molecule has 1 aromatic heterocycles. The molecule has 1 heterocycles. The summed E-state index contributed by atoms with van der Waals surface area (Å²) in [5, 5.41) is 12.1. The Labute approximate surface area is 160 Å². The van der Waals surface area contributed by atoms with Crippen LogP contribution in [0.3, 0.4) is 0 Å². The maximum atomic E-state index is 11.4. The number of carbonyl (C=O) groups excluding carboxylic acids is 1. The van der Waals surface area contributed by atoms with Crippen molar-refractivity contribution in [3.8, 4) is 5.69 Å². The van der Waals surface area contributed by atoms with Crippen LogP contribution in [0.4, 0.5) is 5.69 Å². The van der Waals surface area contributed by atoms with Crippen molar-refractivity contribution in [3.05, 3.63) is 81.2 Å². The Bertz CT molecular complexity index is 1030. The van der Waals surface area contributed by atoms with Gasteiger partial charge in [-0.15, -0.1) is 0 Å². The molecule has 1 amide bonds. The molecule has 0 bridgehead atoms. The van der Waals surface area contributed by atoms with E-state index in [1.807, 2.05) is 42.8 Å². The van der Waals surface area contributed by atoms with Crippen LogP contribution in [0.2, 0.25) is 0 Å². The molecule has 0 fully saturated rings. The zero-order valence-corrected chi connectivity index (χ0v) is 15.7. The van der Waals surface area contributed by atoms with Gasteiger partial charge in [-0.25, -0.2) is 4.98 Å². The summed E-state index contributed by atoms with van der Waals surface area (Å²) in [4.78, 5) is 26.5. The minimum Gasteiger partial charge on any atom is -0.366 e. The number of aryl methyl sites for hydroxylation is 1. The number of hydrogen-bond donors (Lipinski definition) is 1. The molecule has 0 aliphatic rings. The van der Waals surface area contributed by atoms with E-state index in [4.69, 9.17) is 5.73 Å². The summed E-state index contributed by atoms with van der Waals surface area (Å²) in [7, 11) is 0. The Morgan fingerprint density at radius 2 is 2.07 bits per heavy atom. The smallest absolute Gasteiger partial charge is 0.274 e. The topological polar surface area (TPSA) is 104 Å². The van der Waals surface area contributed by atoms with Gasteiger partial charge in [0.25, 0.3) is 5.69 Å². The Morgan fingerprint density at radius 3 is 2.78 bits per heavy atom. The van der Waals surface area contributed by atoms with Crippen molar-refractivity contribution in [1.29, 1.82) is 0 Å². The van der Waals surface area contributed by atoms with Gasteiger partial charge in [-0.1, -0.05) is 30.0 Å². The lowest BCUT2D eigenvalue weighted by Crippen LogP contribution is -2.11. The van der Waals surface area contributed by atoms with E-state index in [0.717, 1.165) is 16.4 Å². The summed E-state index contributed by atoms with van der Waals surface area (Å²) in [6, 6.07) is 10.3. The summed E-state index contributed by atoms with van der Waals surface area (Å²) in [6.45, 7) is 4.10. The largest absolute Gasteiger partial charge is 0.366 e. The zero-order valence-electron chi connectivity index (χ0n) is 14.9. The fourth-order valence-corrected chi connectivity index (χ4v) is 3.69. The van der Waals surface area contributed by atoms with Crippen LogP contribution in [0.1, 0.15) is 27.0 Å². The highest BCUT2D eigenvalue weighted by molar-refractivity contribution is 7.98. The van der Waals surface area contributed by atoms with E-state index in [2.05, 4.69) is 4.98 Å². The summed E-state index contributed by atoms with van der Waals surface area (Å²) in [5.41, 5.74) is 9.06. The van der Waals surface area contributed by atoms with Gasteiger partial charge in [0.2, 0.25) is 5.91 Å². The number of carbonyl (C=O) groups is 1. The second-order valence-corrected chi connectivity index (χ2v) is 6.99. The van der Waals surface area contributed by atoms with Gasteiger partial charge in [0.15, 0.2) is 5.16 Å². The van der Waals surface area contributed by atoms with Gasteiger partial charge in [0, 0.05) is 35.3 Å². The van der Waals surface area contributed by atoms with Crippen molar-refractivity contribution in [2.45, 2.75) is 24.8 Å². The SMILES string of the molecule is Cc1cccc(-n2ccnc2SCc2ccc(C(N)=O)cc2[N+](=O)[O-])c1C. The van der Waals surface area contributed by atoms with E-state index in [0.29, 0.717) is 11.3 Å². The van der Waals surface area contributed by atoms with Crippen molar-refractivity contribution < 1.29 is 9.72 Å². The molecule has 0 radical (unpaired) electrons. The van der Waals surface area contributed by atoms with Crippen LogP contribution in [0.15, 0.2) is 53.9 Å². The lowest BCUT2D eigenvalue weighted by Gasteiger charge is -2.12. The summed E-state index contributed by atoms with van der Waals surface area (Å²) >= 11 is 1.39. The van der Waals surface area contributed by atoms with Crippen molar-refractivity contribution >= 4 is 23.4 Å². The molecule has 0 spiro atoms. The van der Waals surface area contributed by atoms with Crippen LogP contribution in [-0.2, 0) is 5.75 Å². The average Bonchev–Trinajstić information content (AvgIpc) is 3.10. The van der Waals surface area contributed by atoms with Gasteiger partial charge < -0.3 is 5.73 Å². The molecule has 0 saturated carbocycles. The van der Waals surface area contributed by atoms with Crippen molar-refractivity contribution in [3.63, 3.8) is 0 Å². The second-order valence-electron chi connectivity index (χ2n) is 6.05. The van der Waals surface area contributed by atoms with E-state index in [1.165, 1.54) is 29.5 Å². The highest BCUT2D eigenvalue weighted by atomic mass is 32.2. The molecule has 0 saturated heterocycles. The number of hydrogen-bond acceptors (Lipinski definition) is 5. The average molecular weight is 382 g/mol. The molecule has 2 N–H and O–H groups in total. The quantitative estimate of drug-likeness (QED) is 0.397. The molecule has 138 valence electrons. The van der Waals surface area contributed by atoms with Gasteiger partial charge in [-0.3, -0.25) is 19.5 Å². The molecular formula is C19H18N4O3S. The Balaban J connectivity index is 1.89. The van der Waals surface area contributed by atoms with Gasteiger partial charge in [-0.05, 0) is 37.1 Å². The number of nitrogens with zero attached hydrogens (tertiary/aromatic N) is 3. The number of rotatable bonds is 6. The molecule has 0 aliphatic carbocycles. The third-order valence-corrected chi connectivity index (χ3v) is 5.38. The van der Waals surface area contributed by atoms with Crippen molar-refractivity contribution in [2.75, 3.05) is 0 Å². The Morgan fingerprint density at radius 1 is 1.30 bits per heavy atom. The number of imidazole rings is 1. The number of benzene rings is 2. The normalized spacial score (nSPS) is 10.7. The molecule has 7 nitrogen and oxygen atoms in total. The van der Waals surface area contributed by atoms with E-state index >= 15 is 0 Å². The monoisotopic (exact) mass is 382 g/mol. The Hall–Kier alpha value is -3.13. The summed E-state index contributed by atoms with van der Waals surface area (Å²) < 4.78 is 1.97. The van der Waals surface area contributed by atoms with Crippen LogP contribution in [-0.4, -0.2) is 20.4 Å². The molecule has 27 heavy (non-hydrogen) atoms. The fourth-order valence-electron chi connectivity index (χ4n) is 2.73. The number of amides is 1. The number of aromatic nitrogens is 2. The molecule has 0 atom stereocenters. The highest BCUT2D eigenvalue weighted by Crippen LogP contribution is 2.30. The third-order valence-electron chi connectivity index (χ3n) is 4.37. The van der Waals surface area contributed by atoms with Crippen molar-refractivity contribution in [2.24, 2.45) is 5.73 Å². The predicted molar refractivity (Wildman–Crippen MR) is 104 cm³/mol. The van der Waals surface area contributed by atoms with Gasteiger partial charge in [0.05, 0.1) is 10.6 Å². The maximum absolute atomic E-state index is 11.4. The predicted octanol–water partition coefficient (Wildman–Crippen LogP) is 3.79. The van der Waals surface area contributed by atoms with Gasteiger partial charge in [-0.2, -0.15) is 0 Å². The molecular weight excluding hydrogens is 364 g/mol. The molecule has 0 aliphatic heterocycles. The summed E-state index contributed by atoms with van der Waals surface area (Å²) in [6.07, 6.45) is 3.57. The van der Waals surface area contributed by atoms with Crippen molar-refractivity contribution in [1.82, 2.24) is 9.55 Å². The minimum absolute atomic E-state index is 0.118. The first-order valence-electron chi connectivity index (χ1n) is 8.18. The lowest BCUT2D eigenvalue weighted by atomic mass is 10.1. The molecule has 2 aromatic carbocycles. The molecule has 3 rings (SSSR count). The van der Waals surface area contributed by atoms with Gasteiger partial charge in [0.1, 0.15) is 0 Å². The first kappa shape index (κ1) is 18.7. The van der Waals surface area contributed by atoms with E-state index in [1.54, 1.807) is 12.3 Å². The standard InChI is InChI=1S/C19H18N4O3S/c1-12-4-3-5-16(13(12)2)22-9-8-21-19(22)27-11-15-7-6-14(18(20)24)10-17(15)23(25)26/h3-10H,11H2,1-2H3,(H2,20,24). The van der Waals surface area contributed by atoms with E-state index in [9.17, 15) is 14.9 Å². The number of primary amides is 1. The highest BCUT2D eigenvalue weighted by Gasteiger charge is 2.18. The zero-order chi connectivity index (χ0) is 19.6. The number of nitro groups is 1. The number of thioether (sulfide) groups is 1. The van der Waals surface area contributed by atoms with E-state index in [-0.39, 0.29) is 11.3 Å². The molecule has 0 unspecified atom stereocenters. The van der Waals surface area contributed by atoms with Crippen LogP contribution in [0.25, 0.3) is 5.69 Å². The Kier molecular flexibility index (Phi) is 5.27. The van der Waals surface area contributed by atoms with Crippen LogP contribution >= 0.6 is 11.8 Å². The first-order valence-corrected chi connectivity index (χ1v) is 9.17.